The average Bonchev–Trinajstić information content (AvgIpc) is 2.40. The number of benzene rings is 1. The lowest BCUT2D eigenvalue weighted by molar-refractivity contribution is -0.138. The van der Waals surface area contributed by atoms with E-state index in [0.717, 1.165) is 18.4 Å². The molecule has 1 N–H and O–H groups in total. The molecule has 1 heterocycles. The van der Waals surface area contributed by atoms with Gasteiger partial charge in [-0.3, -0.25) is 9.59 Å². The van der Waals surface area contributed by atoms with E-state index in [2.05, 4.69) is 0 Å². The van der Waals surface area contributed by atoms with Crippen LogP contribution in [-0.2, 0) is 4.79 Å². The van der Waals surface area contributed by atoms with Crippen molar-refractivity contribution in [1.29, 1.82) is 0 Å². The van der Waals surface area contributed by atoms with Crippen LogP contribution in [0.3, 0.4) is 0 Å². The van der Waals surface area contributed by atoms with E-state index in [-0.39, 0.29) is 24.3 Å². The Kier molecular flexibility index (Phi) is 4.42. The molecule has 1 fully saturated rings. The van der Waals surface area contributed by atoms with Crippen molar-refractivity contribution in [3.8, 4) is 0 Å². The van der Waals surface area contributed by atoms with Crippen LogP contribution < -0.4 is 0 Å². The number of carbonyl (C=O) groups is 2. The molecule has 0 bridgehead atoms. The molecule has 0 aliphatic carbocycles. The first kappa shape index (κ1) is 14.6. The van der Waals surface area contributed by atoms with Crippen LogP contribution in [-0.4, -0.2) is 34.5 Å². The molecule has 0 spiro atoms. The molecule has 0 saturated carbocycles. The van der Waals surface area contributed by atoms with Crippen molar-refractivity contribution in [1.82, 2.24) is 4.90 Å². The summed E-state index contributed by atoms with van der Waals surface area (Å²) in [4.78, 5) is 25.4. The number of nitrogens with zero attached hydrogens (tertiary/aromatic N) is 1. The van der Waals surface area contributed by atoms with E-state index in [1.165, 1.54) is 0 Å². The number of aliphatic carboxylic acids is 1. The van der Waals surface area contributed by atoms with Gasteiger partial charge in [0, 0.05) is 18.2 Å². The van der Waals surface area contributed by atoms with Crippen LogP contribution in [0.5, 0.6) is 0 Å². The van der Waals surface area contributed by atoms with E-state index in [1.807, 2.05) is 32.0 Å². The number of hydrogen-bond acceptors (Lipinski definition) is 2. The summed E-state index contributed by atoms with van der Waals surface area (Å²) >= 11 is 0. The smallest absolute Gasteiger partial charge is 0.305 e. The van der Waals surface area contributed by atoms with Gasteiger partial charge in [-0.05, 0) is 37.8 Å². The largest absolute Gasteiger partial charge is 0.481 e. The minimum Gasteiger partial charge on any atom is -0.481 e. The van der Waals surface area contributed by atoms with Gasteiger partial charge in [0.05, 0.1) is 6.42 Å². The van der Waals surface area contributed by atoms with Gasteiger partial charge < -0.3 is 10.0 Å². The van der Waals surface area contributed by atoms with Gasteiger partial charge in [-0.1, -0.05) is 24.6 Å². The summed E-state index contributed by atoms with van der Waals surface area (Å²) in [5, 5.41) is 9.06. The molecule has 2 rings (SSSR count). The zero-order valence-electron chi connectivity index (χ0n) is 12.0. The van der Waals surface area contributed by atoms with Gasteiger partial charge in [0.15, 0.2) is 0 Å². The Bertz CT molecular complexity index is 512. The average molecular weight is 275 g/mol. The SMILES string of the molecule is Cc1cccc(C(=O)N2CCCC(C)C2CC(=O)O)c1. The number of rotatable bonds is 3. The Morgan fingerprint density at radius 1 is 1.40 bits per heavy atom. The van der Waals surface area contributed by atoms with Crippen molar-refractivity contribution in [2.45, 2.75) is 39.2 Å². The van der Waals surface area contributed by atoms with Crippen LogP contribution in [0.2, 0.25) is 0 Å². The minimum atomic E-state index is -0.842. The van der Waals surface area contributed by atoms with Crippen molar-refractivity contribution in [2.24, 2.45) is 5.92 Å². The van der Waals surface area contributed by atoms with Crippen molar-refractivity contribution in [3.63, 3.8) is 0 Å². The number of piperidine rings is 1. The van der Waals surface area contributed by atoms with Crippen LogP contribution in [0.15, 0.2) is 24.3 Å². The first-order valence-corrected chi connectivity index (χ1v) is 7.08. The van der Waals surface area contributed by atoms with Crippen LogP contribution in [0.4, 0.5) is 0 Å². The van der Waals surface area contributed by atoms with Crippen LogP contribution >= 0.6 is 0 Å². The third-order valence-electron chi connectivity index (χ3n) is 4.03. The summed E-state index contributed by atoms with van der Waals surface area (Å²) < 4.78 is 0. The normalized spacial score (nSPS) is 22.6. The number of carbonyl (C=O) groups excluding carboxylic acids is 1. The van der Waals surface area contributed by atoms with Crippen molar-refractivity contribution in [3.05, 3.63) is 35.4 Å². The second kappa shape index (κ2) is 6.07. The monoisotopic (exact) mass is 275 g/mol. The fourth-order valence-corrected chi connectivity index (χ4v) is 2.94. The molecule has 2 unspecified atom stereocenters. The highest BCUT2D eigenvalue weighted by molar-refractivity contribution is 5.95. The van der Waals surface area contributed by atoms with Crippen molar-refractivity contribution >= 4 is 11.9 Å². The Labute approximate surface area is 119 Å². The summed E-state index contributed by atoms with van der Waals surface area (Å²) in [5.74, 6) is -0.661. The van der Waals surface area contributed by atoms with Gasteiger partial charge in [0.1, 0.15) is 0 Å². The van der Waals surface area contributed by atoms with E-state index in [0.29, 0.717) is 12.1 Å². The van der Waals surface area contributed by atoms with Gasteiger partial charge in [-0.15, -0.1) is 0 Å². The maximum Gasteiger partial charge on any atom is 0.305 e. The van der Waals surface area contributed by atoms with Gasteiger partial charge in [0.25, 0.3) is 5.91 Å². The lowest BCUT2D eigenvalue weighted by Gasteiger charge is -2.39. The number of aryl methyl sites for hydroxylation is 1. The van der Waals surface area contributed by atoms with Gasteiger partial charge in [-0.25, -0.2) is 0 Å². The highest BCUT2D eigenvalue weighted by Gasteiger charge is 2.33. The van der Waals surface area contributed by atoms with Gasteiger partial charge in [0.2, 0.25) is 0 Å². The topological polar surface area (TPSA) is 57.6 Å². The first-order valence-electron chi connectivity index (χ1n) is 7.08. The number of carboxylic acid groups (broad SMARTS) is 1. The van der Waals surface area contributed by atoms with Crippen LogP contribution in [0.25, 0.3) is 0 Å². The molecule has 0 aromatic heterocycles. The number of amides is 1. The zero-order chi connectivity index (χ0) is 14.7. The van der Waals surface area contributed by atoms with Gasteiger partial charge >= 0.3 is 5.97 Å². The fraction of sp³-hybridized carbons (Fsp3) is 0.500. The number of likely N-dealkylation sites (tertiary alicyclic amines) is 1. The number of hydrogen-bond donors (Lipinski definition) is 1. The summed E-state index contributed by atoms with van der Waals surface area (Å²) in [6.07, 6.45) is 1.95. The molecule has 1 amide bonds. The molecular weight excluding hydrogens is 254 g/mol. The summed E-state index contributed by atoms with van der Waals surface area (Å²) in [6, 6.07) is 7.27. The molecule has 1 saturated heterocycles. The van der Waals surface area contributed by atoms with Gasteiger partial charge in [-0.2, -0.15) is 0 Å². The van der Waals surface area contributed by atoms with Crippen LogP contribution in [0.1, 0.15) is 42.1 Å². The van der Waals surface area contributed by atoms with Crippen molar-refractivity contribution < 1.29 is 14.7 Å². The minimum absolute atomic E-state index is 0.0265. The van der Waals surface area contributed by atoms with E-state index in [1.54, 1.807) is 11.0 Å². The quantitative estimate of drug-likeness (QED) is 0.922. The summed E-state index contributed by atoms with van der Waals surface area (Å²) in [7, 11) is 0. The molecule has 1 aliphatic rings. The highest BCUT2D eigenvalue weighted by atomic mass is 16.4. The Morgan fingerprint density at radius 3 is 2.80 bits per heavy atom. The van der Waals surface area contributed by atoms with E-state index in [4.69, 9.17) is 5.11 Å². The molecule has 1 aliphatic heterocycles. The molecule has 0 radical (unpaired) electrons. The molecular formula is C16H21NO3. The molecule has 108 valence electrons. The lowest BCUT2D eigenvalue weighted by atomic mass is 9.88. The Balaban J connectivity index is 2.23. The molecule has 4 heteroatoms. The Hall–Kier alpha value is -1.84. The third kappa shape index (κ3) is 3.18. The predicted molar refractivity (Wildman–Crippen MR) is 76.7 cm³/mol. The van der Waals surface area contributed by atoms with E-state index >= 15 is 0 Å². The fourth-order valence-electron chi connectivity index (χ4n) is 2.94. The Morgan fingerprint density at radius 2 is 2.15 bits per heavy atom. The molecule has 20 heavy (non-hydrogen) atoms. The molecule has 1 aromatic carbocycles. The van der Waals surface area contributed by atoms with Crippen LogP contribution in [0, 0.1) is 12.8 Å². The second-order valence-electron chi connectivity index (χ2n) is 5.65. The molecule has 2 atom stereocenters. The van der Waals surface area contributed by atoms with Crippen molar-refractivity contribution in [2.75, 3.05) is 6.54 Å². The molecule has 1 aromatic rings. The first-order chi connectivity index (χ1) is 9.49. The number of carboxylic acids is 1. The lowest BCUT2D eigenvalue weighted by Crippen LogP contribution is -2.48. The highest BCUT2D eigenvalue weighted by Crippen LogP contribution is 2.27. The maximum absolute atomic E-state index is 12.6. The summed E-state index contributed by atoms with van der Waals surface area (Å²) in [5.41, 5.74) is 1.69. The predicted octanol–water partition coefficient (Wildman–Crippen LogP) is 2.71. The second-order valence-corrected chi connectivity index (χ2v) is 5.65. The maximum atomic E-state index is 12.6. The summed E-state index contributed by atoms with van der Waals surface area (Å²) in [6.45, 7) is 4.63. The standard InChI is InChI=1S/C16H21NO3/c1-11-5-3-7-13(9-11)16(20)17-8-4-6-12(2)14(17)10-15(18)19/h3,5,7,9,12,14H,4,6,8,10H2,1-2H3,(H,18,19). The third-order valence-corrected chi connectivity index (χ3v) is 4.03. The zero-order valence-corrected chi connectivity index (χ0v) is 12.0. The van der Waals surface area contributed by atoms with E-state index in [9.17, 15) is 9.59 Å². The van der Waals surface area contributed by atoms with E-state index < -0.39 is 5.97 Å². The molecule has 4 nitrogen and oxygen atoms in total.